The first-order valence-electron chi connectivity index (χ1n) is 8.06. The molecule has 0 fully saturated rings. The third-order valence-corrected chi connectivity index (χ3v) is 3.57. The fraction of sp³-hybridized carbons (Fsp3) is 0.556. The van der Waals surface area contributed by atoms with Gasteiger partial charge in [-0.15, -0.1) is 0 Å². The van der Waals surface area contributed by atoms with Crippen LogP contribution in [0.2, 0.25) is 0 Å². The van der Waals surface area contributed by atoms with Gasteiger partial charge < -0.3 is 9.80 Å². The Morgan fingerprint density at radius 1 is 1.05 bits per heavy atom. The van der Waals surface area contributed by atoms with Crippen molar-refractivity contribution in [3.8, 4) is 0 Å². The molecule has 1 aromatic carbocycles. The Kier molecular flexibility index (Phi) is 7.64. The minimum atomic E-state index is -0.0668. The molecule has 0 spiro atoms. The summed E-state index contributed by atoms with van der Waals surface area (Å²) in [6.45, 7) is 9.81. The van der Waals surface area contributed by atoms with E-state index in [1.807, 2.05) is 30.0 Å². The lowest BCUT2D eigenvalue weighted by Crippen LogP contribution is -2.42. The van der Waals surface area contributed by atoms with Gasteiger partial charge >= 0.3 is 0 Å². The van der Waals surface area contributed by atoms with Crippen molar-refractivity contribution in [2.24, 2.45) is 0 Å². The second-order valence-electron chi connectivity index (χ2n) is 5.74. The number of nitrogens with zero attached hydrogens (tertiary/aromatic N) is 2. The number of rotatable bonds is 8. The third kappa shape index (κ3) is 5.88. The molecule has 4 nitrogen and oxygen atoms in total. The minimum Gasteiger partial charge on any atom is -0.341 e. The highest BCUT2D eigenvalue weighted by molar-refractivity contribution is 5.83. The number of hydrogen-bond acceptors (Lipinski definition) is 2. The molecule has 1 rings (SSSR count). The first-order valence-corrected chi connectivity index (χ1v) is 8.06. The van der Waals surface area contributed by atoms with E-state index in [-0.39, 0.29) is 18.4 Å². The Hall–Kier alpha value is -1.84. The summed E-state index contributed by atoms with van der Waals surface area (Å²) in [5.41, 5.74) is 2.21. The largest absolute Gasteiger partial charge is 0.341 e. The Morgan fingerprint density at radius 3 is 2.18 bits per heavy atom. The molecule has 0 radical (unpaired) electrons. The molecule has 0 bridgehead atoms. The van der Waals surface area contributed by atoms with Crippen LogP contribution < -0.4 is 0 Å². The summed E-state index contributed by atoms with van der Waals surface area (Å²) in [7, 11) is 0. The second kappa shape index (κ2) is 9.23. The van der Waals surface area contributed by atoms with Crippen molar-refractivity contribution in [2.75, 3.05) is 19.6 Å². The van der Waals surface area contributed by atoms with Crippen molar-refractivity contribution in [1.29, 1.82) is 0 Å². The summed E-state index contributed by atoms with van der Waals surface area (Å²) >= 11 is 0. The normalized spacial score (nSPS) is 10.4. The summed E-state index contributed by atoms with van der Waals surface area (Å²) in [6, 6.07) is 8.04. The monoisotopic (exact) mass is 304 g/mol. The molecular formula is C18H28N2O2. The molecule has 22 heavy (non-hydrogen) atoms. The van der Waals surface area contributed by atoms with Gasteiger partial charge in [0.15, 0.2) is 0 Å². The van der Waals surface area contributed by atoms with E-state index < -0.39 is 0 Å². The molecule has 0 aromatic heterocycles. The van der Waals surface area contributed by atoms with Crippen LogP contribution in [0.15, 0.2) is 24.3 Å². The lowest BCUT2D eigenvalue weighted by atomic mass is 10.1. The molecule has 0 aliphatic heterocycles. The Bertz CT molecular complexity index is 494. The van der Waals surface area contributed by atoms with Gasteiger partial charge in [-0.05, 0) is 25.3 Å². The zero-order chi connectivity index (χ0) is 16.5. The zero-order valence-electron chi connectivity index (χ0n) is 14.3. The number of carbonyl (C=O) groups excluding carboxylic acids is 2. The van der Waals surface area contributed by atoms with Gasteiger partial charge in [0, 0.05) is 26.6 Å². The highest BCUT2D eigenvalue weighted by atomic mass is 16.2. The molecule has 0 aliphatic rings. The quantitative estimate of drug-likeness (QED) is 0.741. The van der Waals surface area contributed by atoms with Gasteiger partial charge in [-0.25, -0.2) is 0 Å². The van der Waals surface area contributed by atoms with Gasteiger partial charge in [-0.3, -0.25) is 9.59 Å². The van der Waals surface area contributed by atoms with Gasteiger partial charge in [0.1, 0.15) is 6.54 Å². The Labute approximate surface area is 134 Å². The maximum atomic E-state index is 12.4. The molecule has 0 saturated carbocycles. The van der Waals surface area contributed by atoms with Crippen molar-refractivity contribution < 1.29 is 9.59 Å². The van der Waals surface area contributed by atoms with Crippen LogP contribution >= 0.6 is 0 Å². The van der Waals surface area contributed by atoms with Crippen LogP contribution in [-0.4, -0.2) is 41.2 Å². The summed E-state index contributed by atoms with van der Waals surface area (Å²) in [6.07, 6.45) is 1.87. The minimum absolute atomic E-state index is 0.0338. The van der Waals surface area contributed by atoms with Crippen LogP contribution in [0.5, 0.6) is 0 Å². The van der Waals surface area contributed by atoms with Crippen LogP contribution in [-0.2, 0) is 16.1 Å². The van der Waals surface area contributed by atoms with E-state index in [0.717, 1.165) is 37.1 Å². The van der Waals surface area contributed by atoms with E-state index in [2.05, 4.69) is 19.9 Å². The van der Waals surface area contributed by atoms with E-state index in [1.54, 1.807) is 4.90 Å². The van der Waals surface area contributed by atoms with Crippen molar-refractivity contribution in [1.82, 2.24) is 9.80 Å². The lowest BCUT2D eigenvalue weighted by Gasteiger charge is -2.26. The van der Waals surface area contributed by atoms with E-state index >= 15 is 0 Å². The smallest absolute Gasteiger partial charge is 0.242 e. The van der Waals surface area contributed by atoms with Crippen molar-refractivity contribution >= 4 is 11.8 Å². The summed E-state index contributed by atoms with van der Waals surface area (Å²) in [5.74, 6) is -0.0330. The molecule has 1 aromatic rings. The maximum Gasteiger partial charge on any atom is 0.242 e. The van der Waals surface area contributed by atoms with E-state index in [1.165, 1.54) is 6.92 Å². The van der Waals surface area contributed by atoms with Crippen LogP contribution in [0, 0.1) is 6.92 Å². The number of amides is 2. The van der Waals surface area contributed by atoms with Crippen molar-refractivity contribution in [3.63, 3.8) is 0 Å². The Balaban J connectivity index is 2.74. The molecule has 4 heteroatoms. The predicted octanol–water partition coefficient (Wildman–Crippen LogP) is 2.99. The van der Waals surface area contributed by atoms with Gasteiger partial charge in [0.2, 0.25) is 11.8 Å². The lowest BCUT2D eigenvalue weighted by molar-refractivity contribution is -0.140. The average molecular weight is 304 g/mol. The highest BCUT2D eigenvalue weighted by Gasteiger charge is 2.18. The Morgan fingerprint density at radius 2 is 1.68 bits per heavy atom. The number of carbonyl (C=O) groups is 2. The predicted molar refractivity (Wildman–Crippen MR) is 89.4 cm³/mol. The van der Waals surface area contributed by atoms with E-state index in [4.69, 9.17) is 0 Å². The molecule has 2 amide bonds. The second-order valence-corrected chi connectivity index (χ2v) is 5.74. The van der Waals surface area contributed by atoms with Gasteiger partial charge in [-0.1, -0.05) is 43.7 Å². The van der Waals surface area contributed by atoms with Crippen LogP contribution in [0.1, 0.15) is 44.7 Å². The first kappa shape index (κ1) is 18.2. The molecule has 0 aliphatic carbocycles. The number of aryl methyl sites for hydroxylation is 1. The topological polar surface area (TPSA) is 40.6 Å². The van der Waals surface area contributed by atoms with Gasteiger partial charge in [-0.2, -0.15) is 0 Å². The summed E-state index contributed by atoms with van der Waals surface area (Å²) in [4.78, 5) is 27.8. The van der Waals surface area contributed by atoms with Gasteiger partial charge in [0.05, 0.1) is 0 Å². The van der Waals surface area contributed by atoms with Crippen LogP contribution in [0.3, 0.4) is 0 Å². The fourth-order valence-electron chi connectivity index (χ4n) is 2.47. The molecule has 0 N–H and O–H groups in total. The van der Waals surface area contributed by atoms with Crippen molar-refractivity contribution in [2.45, 2.75) is 47.1 Å². The number of hydrogen-bond donors (Lipinski definition) is 0. The third-order valence-electron chi connectivity index (χ3n) is 3.57. The molecule has 122 valence electrons. The molecule has 0 unspecified atom stereocenters. The summed E-state index contributed by atoms with van der Waals surface area (Å²) < 4.78 is 0. The molecular weight excluding hydrogens is 276 g/mol. The van der Waals surface area contributed by atoms with Crippen LogP contribution in [0.4, 0.5) is 0 Å². The maximum absolute atomic E-state index is 12.4. The standard InChI is InChI=1S/C18H28N2O2/c1-5-10-19(11-6-2)18(22)14-20(16(4)21)13-17-9-7-8-15(3)12-17/h7-9,12H,5-6,10-11,13-14H2,1-4H3. The molecule has 0 heterocycles. The molecule has 0 saturated heterocycles. The summed E-state index contributed by atoms with van der Waals surface area (Å²) in [5, 5.41) is 0. The zero-order valence-corrected chi connectivity index (χ0v) is 14.3. The van der Waals surface area contributed by atoms with E-state index in [0.29, 0.717) is 6.54 Å². The average Bonchev–Trinajstić information content (AvgIpc) is 2.46. The number of benzene rings is 1. The highest BCUT2D eigenvalue weighted by Crippen LogP contribution is 2.09. The van der Waals surface area contributed by atoms with Crippen molar-refractivity contribution in [3.05, 3.63) is 35.4 Å². The fourth-order valence-corrected chi connectivity index (χ4v) is 2.47. The first-order chi connectivity index (χ1) is 10.5. The molecule has 0 atom stereocenters. The van der Waals surface area contributed by atoms with Crippen LogP contribution in [0.25, 0.3) is 0 Å². The van der Waals surface area contributed by atoms with E-state index in [9.17, 15) is 9.59 Å². The van der Waals surface area contributed by atoms with Gasteiger partial charge in [0.25, 0.3) is 0 Å². The SMILES string of the molecule is CCCN(CCC)C(=O)CN(Cc1cccc(C)c1)C(C)=O.